The van der Waals surface area contributed by atoms with Crippen LogP contribution in [-0.2, 0) is 4.79 Å². The van der Waals surface area contributed by atoms with Crippen molar-refractivity contribution in [2.75, 3.05) is 18.0 Å². The second kappa shape index (κ2) is 5.61. The van der Waals surface area contributed by atoms with E-state index >= 15 is 0 Å². The molecule has 3 nitrogen and oxygen atoms in total. The maximum atomic E-state index is 13.5. The molecule has 1 rings (SSSR count). The second-order valence-corrected chi connectivity index (χ2v) is 3.87. The lowest BCUT2D eigenvalue weighted by Gasteiger charge is -2.25. The number of carboxylic acid groups (broad SMARTS) is 1. The Bertz CT molecular complexity index is 409. The Balaban J connectivity index is 2.90. The fraction of sp³-hybridized carbons (Fsp3) is 0.417. The van der Waals surface area contributed by atoms with Gasteiger partial charge in [-0.05, 0) is 19.1 Å². The molecule has 0 aliphatic carbocycles. The van der Waals surface area contributed by atoms with Crippen LogP contribution in [0.15, 0.2) is 18.2 Å². The first kappa shape index (κ1) is 13.4. The van der Waals surface area contributed by atoms with E-state index in [-0.39, 0.29) is 12.2 Å². The number of carboxylic acids is 1. The number of aliphatic carboxylic acids is 1. The number of nitrogens with zero attached hydrogens (tertiary/aromatic N) is 1. The first-order chi connectivity index (χ1) is 7.95. The van der Waals surface area contributed by atoms with Gasteiger partial charge >= 0.3 is 5.97 Å². The van der Waals surface area contributed by atoms with Gasteiger partial charge in [-0.25, -0.2) is 8.78 Å². The fourth-order valence-corrected chi connectivity index (χ4v) is 1.54. The lowest BCUT2D eigenvalue weighted by molar-refractivity contribution is -0.140. The SMILES string of the molecule is CCN(CC(C)C(=O)O)c1ccc(F)cc1F. The molecule has 0 aromatic heterocycles. The molecule has 0 aliphatic rings. The summed E-state index contributed by atoms with van der Waals surface area (Å²) in [7, 11) is 0. The minimum absolute atomic E-state index is 0.189. The number of hydrogen-bond acceptors (Lipinski definition) is 2. The molecule has 0 amide bonds. The van der Waals surface area contributed by atoms with E-state index < -0.39 is 23.5 Å². The van der Waals surface area contributed by atoms with Crippen LogP contribution >= 0.6 is 0 Å². The lowest BCUT2D eigenvalue weighted by atomic mass is 10.1. The number of anilines is 1. The van der Waals surface area contributed by atoms with Crippen molar-refractivity contribution in [3.05, 3.63) is 29.8 Å². The highest BCUT2D eigenvalue weighted by atomic mass is 19.1. The van der Waals surface area contributed by atoms with Gasteiger partial charge in [0.2, 0.25) is 0 Å². The summed E-state index contributed by atoms with van der Waals surface area (Å²) >= 11 is 0. The zero-order chi connectivity index (χ0) is 13.0. The molecule has 5 heteroatoms. The van der Waals surface area contributed by atoms with Gasteiger partial charge in [0.15, 0.2) is 0 Å². The molecule has 0 radical (unpaired) electrons. The maximum Gasteiger partial charge on any atom is 0.308 e. The molecule has 1 aromatic carbocycles. The van der Waals surface area contributed by atoms with Crippen molar-refractivity contribution in [3.8, 4) is 0 Å². The molecule has 1 unspecified atom stereocenters. The van der Waals surface area contributed by atoms with Crippen LogP contribution in [0.2, 0.25) is 0 Å². The van der Waals surface area contributed by atoms with E-state index in [9.17, 15) is 13.6 Å². The predicted octanol–water partition coefficient (Wildman–Crippen LogP) is 2.51. The zero-order valence-corrected chi connectivity index (χ0v) is 9.78. The number of benzene rings is 1. The Hall–Kier alpha value is -1.65. The van der Waals surface area contributed by atoms with E-state index in [1.807, 2.05) is 0 Å². The molecule has 17 heavy (non-hydrogen) atoms. The van der Waals surface area contributed by atoms with E-state index in [2.05, 4.69) is 0 Å². The standard InChI is InChI=1S/C12H15F2NO2/c1-3-15(7-8(2)12(16)17)11-5-4-9(13)6-10(11)14/h4-6,8H,3,7H2,1-2H3,(H,16,17). The highest BCUT2D eigenvalue weighted by Gasteiger charge is 2.17. The van der Waals surface area contributed by atoms with E-state index in [1.54, 1.807) is 18.7 Å². The zero-order valence-electron chi connectivity index (χ0n) is 9.78. The molecular formula is C12H15F2NO2. The van der Waals surface area contributed by atoms with Gasteiger partial charge in [0.25, 0.3) is 0 Å². The van der Waals surface area contributed by atoms with Crippen molar-refractivity contribution in [1.82, 2.24) is 0 Å². The first-order valence-electron chi connectivity index (χ1n) is 5.38. The summed E-state index contributed by atoms with van der Waals surface area (Å²) in [4.78, 5) is 12.3. The van der Waals surface area contributed by atoms with Crippen LogP contribution in [0.1, 0.15) is 13.8 Å². The summed E-state index contributed by atoms with van der Waals surface area (Å²) in [6.45, 7) is 3.98. The number of halogens is 2. The van der Waals surface area contributed by atoms with E-state index in [4.69, 9.17) is 5.11 Å². The Kier molecular flexibility index (Phi) is 4.43. The van der Waals surface area contributed by atoms with Gasteiger partial charge < -0.3 is 10.0 Å². The Morgan fingerprint density at radius 2 is 2.12 bits per heavy atom. The van der Waals surface area contributed by atoms with E-state index in [0.717, 1.165) is 12.1 Å². The summed E-state index contributed by atoms with van der Waals surface area (Å²) in [6, 6.07) is 3.28. The summed E-state index contributed by atoms with van der Waals surface area (Å²) in [6.07, 6.45) is 0. The monoisotopic (exact) mass is 243 g/mol. The summed E-state index contributed by atoms with van der Waals surface area (Å²) in [5.41, 5.74) is 0.224. The highest BCUT2D eigenvalue weighted by molar-refractivity contribution is 5.70. The molecule has 0 saturated carbocycles. The molecule has 0 spiro atoms. The van der Waals surface area contributed by atoms with Gasteiger partial charge in [-0.1, -0.05) is 6.92 Å². The third-order valence-electron chi connectivity index (χ3n) is 2.55. The molecule has 1 aromatic rings. The van der Waals surface area contributed by atoms with Gasteiger partial charge in [0.05, 0.1) is 11.6 Å². The predicted molar refractivity (Wildman–Crippen MR) is 61.0 cm³/mol. The number of hydrogen-bond donors (Lipinski definition) is 1. The van der Waals surface area contributed by atoms with Crippen LogP contribution in [0, 0.1) is 17.6 Å². The normalized spacial score (nSPS) is 12.2. The lowest BCUT2D eigenvalue weighted by Crippen LogP contribution is -2.32. The summed E-state index contributed by atoms with van der Waals surface area (Å²) < 4.78 is 26.3. The van der Waals surface area contributed by atoms with Gasteiger partial charge in [0, 0.05) is 19.2 Å². The van der Waals surface area contributed by atoms with Crippen molar-refractivity contribution < 1.29 is 18.7 Å². The molecule has 0 bridgehead atoms. The minimum atomic E-state index is -0.939. The average molecular weight is 243 g/mol. The van der Waals surface area contributed by atoms with Crippen LogP contribution in [-0.4, -0.2) is 24.2 Å². The average Bonchev–Trinajstić information content (AvgIpc) is 2.26. The Labute approximate surface area is 98.7 Å². The van der Waals surface area contributed by atoms with Crippen LogP contribution in [0.4, 0.5) is 14.5 Å². The Morgan fingerprint density at radius 1 is 1.47 bits per heavy atom. The van der Waals surface area contributed by atoms with Gasteiger partial charge in [-0.2, -0.15) is 0 Å². The Morgan fingerprint density at radius 3 is 2.59 bits per heavy atom. The van der Waals surface area contributed by atoms with Gasteiger partial charge in [0.1, 0.15) is 11.6 Å². The van der Waals surface area contributed by atoms with Crippen molar-refractivity contribution in [2.24, 2.45) is 5.92 Å². The summed E-state index contributed by atoms with van der Waals surface area (Å²) in [5, 5.41) is 8.81. The van der Waals surface area contributed by atoms with Crippen LogP contribution < -0.4 is 4.90 Å². The maximum absolute atomic E-state index is 13.5. The van der Waals surface area contributed by atoms with Gasteiger partial charge in [-0.15, -0.1) is 0 Å². The minimum Gasteiger partial charge on any atom is -0.481 e. The fourth-order valence-electron chi connectivity index (χ4n) is 1.54. The van der Waals surface area contributed by atoms with E-state index in [1.165, 1.54) is 6.07 Å². The molecule has 0 aliphatic heterocycles. The topological polar surface area (TPSA) is 40.5 Å². The molecule has 1 atom stereocenters. The van der Waals surface area contributed by atoms with Crippen molar-refractivity contribution in [3.63, 3.8) is 0 Å². The van der Waals surface area contributed by atoms with Crippen molar-refractivity contribution in [1.29, 1.82) is 0 Å². The van der Waals surface area contributed by atoms with Crippen molar-refractivity contribution >= 4 is 11.7 Å². The van der Waals surface area contributed by atoms with Crippen LogP contribution in [0.25, 0.3) is 0 Å². The molecule has 0 heterocycles. The van der Waals surface area contributed by atoms with Crippen molar-refractivity contribution in [2.45, 2.75) is 13.8 Å². The van der Waals surface area contributed by atoms with E-state index in [0.29, 0.717) is 6.54 Å². The molecule has 0 fully saturated rings. The summed E-state index contributed by atoms with van der Waals surface area (Å²) in [5.74, 6) is -2.87. The molecule has 0 saturated heterocycles. The third kappa shape index (κ3) is 3.41. The van der Waals surface area contributed by atoms with Crippen LogP contribution in [0.3, 0.4) is 0 Å². The molecule has 94 valence electrons. The highest BCUT2D eigenvalue weighted by Crippen LogP contribution is 2.21. The number of carbonyl (C=O) groups is 1. The molecular weight excluding hydrogens is 228 g/mol. The largest absolute Gasteiger partial charge is 0.481 e. The number of rotatable bonds is 5. The third-order valence-corrected chi connectivity index (χ3v) is 2.55. The second-order valence-electron chi connectivity index (χ2n) is 3.87. The van der Waals surface area contributed by atoms with Gasteiger partial charge in [-0.3, -0.25) is 4.79 Å². The first-order valence-corrected chi connectivity index (χ1v) is 5.38. The quantitative estimate of drug-likeness (QED) is 0.863. The molecule has 1 N–H and O–H groups in total. The van der Waals surface area contributed by atoms with Crippen LogP contribution in [0.5, 0.6) is 0 Å². The smallest absolute Gasteiger partial charge is 0.308 e.